The lowest BCUT2D eigenvalue weighted by molar-refractivity contribution is -0.121. The zero-order valence-corrected chi connectivity index (χ0v) is 13.4. The first kappa shape index (κ1) is 15.7. The summed E-state index contributed by atoms with van der Waals surface area (Å²) in [6.45, 7) is 3.89. The molecule has 5 nitrogen and oxygen atoms in total. The van der Waals surface area contributed by atoms with Crippen molar-refractivity contribution in [2.75, 3.05) is 26.2 Å². The third kappa shape index (κ3) is 4.66. The Morgan fingerprint density at radius 1 is 1.17 bits per heavy atom. The summed E-state index contributed by atoms with van der Waals surface area (Å²) in [4.78, 5) is 14.2. The Kier molecular flexibility index (Phi) is 5.42. The van der Waals surface area contributed by atoms with Crippen molar-refractivity contribution in [3.8, 4) is 5.69 Å². The maximum absolute atomic E-state index is 11.9. The molecule has 1 fully saturated rings. The van der Waals surface area contributed by atoms with Gasteiger partial charge in [0.2, 0.25) is 5.91 Å². The highest BCUT2D eigenvalue weighted by Crippen LogP contribution is 2.09. The van der Waals surface area contributed by atoms with E-state index in [-0.39, 0.29) is 5.91 Å². The topological polar surface area (TPSA) is 50.2 Å². The number of hydrogen-bond acceptors (Lipinski definition) is 3. The lowest BCUT2D eigenvalue weighted by Crippen LogP contribution is -2.30. The molecule has 3 rings (SSSR count). The van der Waals surface area contributed by atoms with Crippen LogP contribution in [-0.4, -0.2) is 46.8 Å². The van der Waals surface area contributed by atoms with Gasteiger partial charge in [-0.25, -0.2) is 4.68 Å². The van der Waals surface area contributed by atoms with Crippen molar-refractivity contribution in [1.82, 2.24) is 20.0 Å². The second-order valence-electron chi connectivity index (χ2n) is 6.02. The fraction of sp³-hybridized carbons (Fsp3) is 0.444. The predicted molar refractivity (Wildman–Crippen MR) is 90.6 cm³/mol. The van der Waals surface area contributed by atoms with E-state index in [1.54, 1.807) is 6.20 Å². The molecule has 0 unspecified atom stereocenters. The molecule has 1 aromatic heterocycles. The molecule has 0 radical (unpaired) electrons. The van der Waals surface area contributed by atoms with Crippen LogP contribution in [0.1, 0.15) is 24.8 Å². The number of aromatic nitrogens is 2. The van der Waals surface area contributed by atoms with Crippen LogP contribution in [-0.2, 0) is 11.2 Å². The van der Waals surface area contributed by atoms with Crippen LogP contribution in [0.2, 0.25) is 0 Å². The van der Waals surface area contributed by atoms with Gasteiger partial charge in [-0.1, -0.05) is 12.1 Å². The van der Waals surface area contributed by atoms with Gasteiger partial charge in [-0.2, -0.15) is 5.10 Å². The summed E-state index contributed by atoms with van der Waals surface area (Å²) in [5.41, 5.74) is 2.27. The van der Waals surface area contributed by atoms with Crippen molar-refractivity contribution in [2.24, 2.45) is 0 Å². The van der Waals surface area contributed by atoms with Gasteiger partial charge in [0, 0.05) is 31.9 Å². The minimum atomic E-state index is 0.157. The normalized spacial score (nSPS) is 15.0. The first-order valence-corrected chi connectivity index (χ1v) is 8.39. The molecular formula is C18H24N4O. The SMILES string of the molecule is O=C(CCN1CCCC1)NCCc1ccc(-n2cccn2)cc1. The largest absolute Gasteiger partial charge is 0.356 e. The highest BCUT2D eigenvalue weighted by molar-refractivity contribution is 5.76. The molecule has 5 heteroatoms. The van der Waals surface area contributed by atoms with Crippen LogP contribution in [0.4, 0.5) is 0 Å². The lowest BCUT2D eigenvalue weighted by atomic mass is 10.1. The molecular weight excluding hydrogens is 288 g/mol. The molecule has 2 heterocycles. The third-order valence-electron chi connectivity index (χ3n) is 4.29. The van der Waals surface area contributed by atoms with Crippen molar-refractivity contribution < 1.29 is 4.79 Å². The van der Waals surface area contributed by atoms with Crippen LogP contribution in [0.5, 0.6) is 0 Å². The Bertz CT molecular complexity index is 600. The van der Waals surface area contributed by atoms with Crippen LogP contribution < -0.4 is 5.32 Å². The summed E-state index contributed by atoms with van der Waals surface area (Å²) < 4.78 is 1.84. The Labute approximate surface area is 137 Å². The van der Waals surface area contributed by atoms with Crippen molar-refractivity contribution in [3.63, 3.8) is 0 Å². The number of nitrogens with zero attached hydrogens (tertiary/aromatic N) is 3. The van der Waals surface area contributed by atoms with E-state index in [4.69, 9.17) is 0 Å². The van der Waals surface area contributed by atoms with Crippen LogP contribution >= 0.6 is 0 Å². The average molecular weight is 312 g/mol. The first-order chi connectivity index (χ1) is 11.3. The van der Waals surface area contributed by atoms with Gasteiger partial charge in [0.1, 0.15) is 0 Å². The zero-order chi connectivity index (χ0) is 15.9. The standard InChI is InChI=1S/C18H24N4O/c23-18(9-15-21-12-1-2-13-21)19-11-8-16-4-6-17(7-5-16)22-14-3-10-20-22/h3-7,10,14H,1-2,8-9,11-13,15H2,(H,19,23). The highest BCUT2D eigenvalue weighted by Gasteiger charge is 2.12. The number of carbonyl (C=O) groups excluding carboxylic acids is 1. The first-order valence-electron chi connectivity index (χ1n) is 8.39. The third-order valence-corrected chi connectivity index (χ3v) is 4.29. The molecule has 0 spiro atoms. The molecule has 0 atom stereocenters. The highest BCUT2D eigenvalue weighted by atomic mass is 16.1. The van der Waals surface area contributed by atoms with Gasteiger partial charge < -0.3 is 10.2 Å². The van der Waals surface area contributed by atoms with Crippen molar-refractivity contribution in [2.45, 2.75) is 25.7 Å². The summed E-state index contributed by atoms with van der Waals surface area (Å²) in [6.07, 6.45) is 7.71. The van der Waals surface area contributed by atoms with Gasteiger partial charge in [-0.05, 0) is 56.1 Å². The molecule has 122 valence electrons. The Morgan fingerprint density at radius 2 is 1.96 bits per heavy atom. The molecule has 2 aromatic rings. The summed E-state index contributed by atoms with van der Waals surface area (Å²) >= 11 is 0. The van der Waals surface area contributed by atoms with Crippen LogP contribution in [0.25, 0.3) is 5.69 Å². The summed E-state index contributed by atoms with van der Waals surface area (Å²) in [7, 11) is 0. The van der Waals surface area contributed by atoms with Gasteiger partial charge >= 0.3 is 0 Å². The van der Waals surface area contributed by atoms with Gasteiger partial charge in [0.15, 0.2) is 0 Å². The number of benzene rings is 1. The molecule has 1 amide bonds. The fourth-order valence-electron chi connectivity index (χ4n) is 2.94. The monoisotopic (exact) mass is 312 g/mol. The molecule has 0 bridgehead atoms. The molecule has 1 aliphatic rings. The summed E-state index contributed by atoms with van der Waals surface area (Å²) in [6, 6.07) is 10.2. The maximum atomic E-state index is 11.9. The van der Waals surface area contributed by atoms with E-state index in [0.29, 0.717) is 13.0 Å². The number of hydrogen-bond donors (Lipinski definition) is 1. The van der Waals surface area contributed by atoms with Crippen LogP contribution in [0.3, 0.4) is 0 Å². The van der Waals surface area contributed by atoms with Crippen LogP contribution in [0, 0.1) is 0 Å². The Hall–Kier alpha value is -2.14. The van der Waals surface area contributed by atoms with E-state index in [1.807, 2.05) is 16.9 Å². The smallest absolute Gasteiger partial charge is 0.221 e. The number of nitrogens with one attached hydrogen (secondary N) is 1. The number of carbonyl (C=O) groups is 1. The minimum Gasteiger partial charge on any atom is -0.356 e. The van der Waals surface area contributed by atoms with E-state index in [2.05, 4.69) is 39.6 Å². The molecule has 0 aliphatic carbocycles. The molecule has 23 heavy (non-hydrogen) atoms. The van der Waals surface area contributed by atoms with Crippen molar-refractivity contribution in [1.29, 1.82) is 0 Å². The second kappa shape index (κ2) is 7.92. The van der Waals surface area contributed by atoms with Crippen molar-refractivity contribution >= 4 is 5.91 Å². The van der Waals surface area contributed by atoms with Gasteiger partial charge in [0.25, 0.3) is 0 Å². The molecule has 1 aromatic carbocycles. The Morgan fingerprint density at radius 3 is 2.65 bits per heavy atom. The summed E-state index contributed by atoms with van der Waals surface area (Å²) in [5, 5.41) is 7.22. The predicted octanol–water partition coefficient (Wildman–Crippen LogP) is 2.02. The fourth-order valence-corrected chi connectivity index (χ4v) is 2.94. The molecule has 1 aliphatic heterocycles. The number of amides is 1. The quantitative estimate of drug-likeness (QED) is 0.851. The summed E-state index contributed by atoms with van der Waals surface area (Å²) in [5.74, 6) is 0.157. The maximum Gasteiger partial charge on any atom is 0.221 e. The van der Waals surface area contributed by atoms with E-state index >= 15 is 0 Å². The minimum absolute atomic E-state index is 0.157. The molecule has 0 saturated carbocycles. The van der Waals surface area contributed by atoms with Gasteiger partial charge in [-0.3, -0.25) is 4.79 Å². The molecule has 1 N–H and O–H groups in total. The van der Waals surface area contributed by atoms with E-state index in [0.717, 1.165) is 31.7 Å². The lowest BCUT2D eigenvalue weighted by Gasteiger charge is -2.13. The second-order valence-corrected chi connectivity index (χ2v) is 6.02. The van der Waals surface area contributed by atoms with Crippen LogP contribution in [0.15, 0.2) is 42.7 Å². The van der Waals surface area contributed by atoms with E-state index in [1.165, 1.54) is 18.4 Å². The number of rotatable bonds is 7. The average Bonchev–Trinajstić information content (AvgIpc) is 3.27. The van der Waals surface area contributed by atoms with Gasteiger partial charge in [-0.15, -0.1) is 0 Å². The van der Waals surface area contributed by atoms with E-state index < -0.39 is 0 Å². The number of likely N-dealkylation sites (tertiary alicyclic amines) is 1. The Balaban J connectivity index is 1.37. The van der Waals surface area contributed by atoms with Crippen molar-refractivity contribution in [3.05, 3.63) is 48.3 Å². The molecule has 1 saturated heterocycles. The van der Waals surface area contributed by atoms with E-state index in [9.17, 15) is 4.79 Å². The zero-order valence-electron chi connectivity index (χ0n) is 13.4. The van der Waals surface area contributed by atoms with Gasteiger partial charge in [0.05, 0.1) is 5.69 Å².